The van der Waals surface area contributed by atoms with E-state index in [4.69, 9.17) is 0 Å². The molecule has 17 heavy (non-hydrogen) atoms. The van der Waals surface area contributed by atoms with E-state index < -0.39 is 0 Å². The Morgan fingerprint density at radius 3 is 2.24 bits per heavy atom. The molecule has 92 valence electrons. The van der Waals surface area contributed by atoms with E-state index in [9.17, 15) is 5.11 Å². The summed E-state index contributed by atoms with van der Waals surface area (Å²) >= 11 is 0. The summed E-state index contributed by atoms with van der Waals surface area (Å²) in [6, 6.07) is 8.51. The van der Waals surface area contributed by atoms with Crippen molar-refractivity contribution in [2.24, 2.45) is 0 Å². The molecule has 1 aliphatic heterocycles. The Bertz CT molecular complexity index is 388. The second-order valence-electron chi connectivity index (χ2n) is 5.62. The lowest BCUT2D eigenvalue weighted by molar-refractivity contribution is 0.214. The average molecular weight is 231 g/mol. The number of rotatable bonds is 3. The van der Waals surface area contributed by atoms with E-state index in [2.05, 4.69) is 24.0 Å². The molecule has 1 aromatic carbocycles. The molecule has 1 saturated carbocycles. The topological polar surface area (TPSA) is 23.5 Å². The number of likely N-dealkylation sites (tertiary alicyclic amines) is 1. The van der Waals surface area contributed by atoms with Gasteiger partial charge in [-0.1, -0.05) is 12.1 Å². The number of aromatic hydroxyl groups is 1. The van der Waals surface area contributed by atoms with E-state index in [1.54, 1.807) is 0 Å². The standard InChI is InChI=1S/C15H21NO/c1-12(16-10-2-3-11-16)15(8-9-15)13-4-6-14(17)7-5-13/h4-7,12,17H,2-3,8-11H2,1H3. The molecule has 0 spiro atoms. The van der Waals surface area contributed by atoms with Crippen LogP contribution in [0.1, 0.15) is 38.2 Å². The highest BCUT2D eigenvalue weighted by atomic mass is 16.3. The van der Waals surface area contributed by atoms with Gasteiger partial charge in [0.1, 0.15) is 5.75 Å². The third-order valence-corrected chi connectivity index (χ3v) is 4.72. The smallest absolute Gasteiger partial charge is 0.115 e. The molecule has 0 amide bonds. The van der Waals surface area contributed by atoms with Crippen molar-refractivity contribution in [1.29, 1.82) is 0 Å². The minimum Gasteiger partial charge on any atom is -0.508 e. The molecule has 0 bridgehead atoms. The zero-order valence-corrected chi connectivity index (χ0v) is 10.5. The van der Waals surface area contributed by atoms with Gasteiger partial charge in [0.2, 0.25) is 0 Å². The maximum atomic E-state index is 9.38. The number of benzene rings is 1. The van der Waals surface area contributed by atoms with Crippen LogP contribution in [0.4, 0.5) is 0 Å². The van der Waals surface area contributed by atoms with E-state index in [0.717, 1.165) is 0 Å². The van der Waals surface area contributed by atoms with Crippen molar-refractivity contribution < 1.29 is 5.11 Å². The second-order valence-corrected chi connectivity index (χ2v) is 5.62. The van der Waals surface area contributed by atoms with Gasteiger partial charge in [-0.05, 0) is 63.4 Å². The molecule has 0 aromatic heterocycles. The lowest BCUT2D eigenvalue weighted by Crippen LogP contribution is -2.39. The summed E-state index contributed by atoms with van der Waals surface area (Å²) in [7, 11) is 0. The molecule has 1 heterocycles. The third-order valence-electron chi connectivity index (χ3n) is 4.72. The molecule has 2 aliphatic rings. The first-order chi connectivity index (χ1) is 8.22. The molecule has 1 aliphatic carbocycles. The van der Waals surface area contributed by atoms with Gasteiger partial charge in [0.15, 0.2) is 0 Å². The Morgan fingerprint density at radius 1 is 1.12 bits per heavy atom. The molecule has 1 saturated heterocycles. The van der Waals surface area contributed by atoms with Gasteiger partial charge in [-0.15, -0.1) is 0 Å². The molecule has 2 nitrogen and oxygen atoms in total. The van der Waals surface area contributed by atoms with Crippen LogP contribution in [0.2, 0.25) is 0 Å². The minimum atomic E-state index is 0.373. The Morgan fingerprint density at radius 2 is 1.71 bits per heavy atom. The Hall–Kier alpha value is -1.02. The number of phenols is 1. The fourth-order valence-corrected chi connectivity index (χ4v) is 3.35. The van der Waals surface area contributed by atoms with Crippen molar-refractivity contribution in [2.45, 2.75) is 44.1 Å². The molecule has 2 fully saturated rings. The van der Waals surface area contributed by atoms with Gasteiger partial charge in [0.25, 0.3) is 0 Å². The highest BCUT2D eigenvalue weighted by Crippen LogP contribution is 2.53. The molecular formula is C15H21NO. The zero-order valence-electron chi connectivity index (χ0n) is 10.5. The lowest BCUT2D eigenvalue weighted by Gasteiger charge is -2.32. The van der Waals surface area contributed by atoms with Crippen molar-refractivity contribution in [3.63, 3.8) is 0 Å². The van der Waals surface area contributed by atoms with Gasteiger partial charge in [0, 0.05) is 11.5 Å². The Labute approximate surface area is 103 Å². The number of hydrogen-bond donors (Lipinski definition) is 1. The van der Waals surface area contributed by atoms with Crippen molar-refractivity contribution in [3.8, 4) is 5.75 Å². The van der Waals surface area contributed by atoms with Crippen molar-refractivity contribution in [2.75, 3.05) is 13.1 Å². The average Bonchev–Trinajstić information content (AvgIpc) is 2.97. The molecule has 1 atom stereocenters. The maximum absolute atomic E-state index is 9.38. The van der Waals surface area contributed by atoms with Gasteiger partial charge in [0.05, 0.1) is 0 Å². The summed E-state index contributed by atoms with van der Waals surface area (Å²) < 4.78 is 0. The molecule has 3 rings (SSSR count). The molecule has 0 radical (unpaired) electrons. The van der Waals surface area contributed by atoms with Crippen LogP contribution in [-0.2, 0) is 5.41 Å². The van der Waals surface area contributed by atoms with Crippen LogP contribution in [0.15, 0.2) is 24.3 Å². The first-order valence-electron chi connectivity index (χ1n) is 6.76. The van der Waals surface area contributed by atoms with E-state index in [1.165, 1.54) is 44.3 Å². The van der Waals surface area contributed by atoms with E-state index in [1.807, 2.05) is 12.1 Å². The molecule has 1 N–H and O–H groups in total. The van der Waals surface area contributed by atoms with Gasteiger partial charge in [-0.3, -0.25) is 4.90 Å². The normalized spacial score (nSPS) is 24.8. The van der Waals surface area contributed by atoms with Crippen molar-refractivity contribution in [3.05, 3.63) is 29.8 Å². The predicted molar refractivity (Wildman–Crippen MR) is 69.3 cm³/mol. The van der Waals surface area contributed by atoms with Crippen LogP contribution in [0.3, 0.4) is 0 Å². The summed E-state index contributed by atoms with van der Waals surface area (Å²) in [4.78, 5) is 2.64. The van der Waals surface area contributed by atoms with Gasteiger partial charge in [-0.25, -0.2) is 0 Å². The molecule has 2 heteroatoms. The van der Waals surface area contributed by atoms with Crippen LogP contribution in [0.25, 0.3) is 0 Å². The first kappa shape index (κ1) is 11.1. The van der Waals surface area contributed by atoms with Crippen LogP contribution in [0, 0.1) is 0 Å². The van der Waals surface area contributed by atoms with Crippen LogP contribution < -0.4 is 0 Å². The van der Waals surface area contributed by atoms with Gasteiger partial charge < -0.3 is 5.11 Å². The van der Waals surface area contributed by atoms with E-state index >= 15 is 0 Å². The minimum absolute atomic E-state index is 0.373. The van der Waals surface area contributed by atoms with Gasteiger partial charge >= 0.3 is 0 Å². The lowest BCUT2D eigenvalue weighted by atomic mass is 9.88. The van der Waals surface area contributed by atoms with Crippen LogP contribution in [0.5, 0.6) is 5.75 Å². The number of nitrogens with zero attached hydrogens (tertiary/aromatic N) is 1. The van der Waals surface area contributed by atoms with Crippen molar-refractivity contribution >= 4 is 0 Å². The predicted octanol–water partition coefficient (Wildman–Crippen LogP) is 2.91. The summed E-state index contributed by atoms with van der Waals surface area (Å²) in [5.74, 6) is 0.373. The largest absolute Gasteiger partial charge is 0.508 e. The van der Waals surface area contributed by atoms with Crippen LogP contribution in [-0.4, -0.2) is 29.1 Å². The molecule has 1 aromatic rings. The third kappa shape index (κ3) is 1.85. The fraction of sp³-hybridized carbons (Fsp3) is 0.600. The summed E-state index contributed by atoms with van der Waals surface area (Å²) in [6.07, 6.45) is 5.32. The van der Waals surface area contributed by atoms with Gasteiger partial charge in [-0.2, -0.15) is 0 Å². The fourth-order valence-electron chi connectivity index (χ4n) is 3.35. The van der Waals surface area contributed by atoms with Crippen LogP contribution >= 0.6 is 0 Å². The second kappa shape index (κ2) is 4.02. The highest BCUT2D eigenvalue weighted by molar-refractivity contribution is 5.37. The summed E-state index contributed by atoms with van der Waals surface area (Å²) in [5.41, 5.74) is 1.78. The highest BCUT2D eigenvalue weighted by Gasteiger charge is 2.50. The quantitative estimate of drug-likeness (QED) is 0.864. The first-order valence-corrected chi connectivity index (χ1v) is 6.76. The van der Waals surface area contributed by atoms with Crippen molar-refractivity contribution in [1.82, 2.24) is 4.90 Å². The molecular weight excluding hydrogens is 210 g/mol. The van der Waals surface area contributed by atoms with E-state index in [0.29, 0.717) is 17.2 Å². The summed E-state index contributed by atoms with van der Waals surface area (Å²) in [5, 5.41) is 9.38. The SMILES string of the molecule is CC(N1CCCC1)C1(c2ccc(O)cc2)CC1. The Balaban J connectivity index is 1.83. The number of phenolic OH excluding ortho intramolecular Hbond substituents is 1. The summed E-state index contributed by atoms with van der Waals surface area (Å²) in [6.45, 7) is 4.91. The monoisotopic (exact) mass is 231 g/mol. The zero-order chi connectivity index (χ0) is 11.9. The maximum Gasteiger partial charge on any atom is 0.115 e. The molecule has 1 unspecified atom stereocenters. The van der Waals surface area contributed by atoms with E-state index in [-0.39, 0.29) is 0 Å². The number of hydrogen-bond acceptors (Lipinski definition) is 2. The Kier molecular flexibility index (Phi) is 2.62.